The summed E-state index contributed by atoms with van der Waals surface area (Å²) in [6.45, 7) is 4.60. The molecule has 0 radical (unpaired) electrons. The average Bonchev–Trinajstić information content (AvgIpc) is 3.18. The van der Waals surface area contributed by atoms with Crippen molar-refractivity contribution >= 4 is 33.3 Å². The summed E-state index contributed by atoms with van der Waals surface area (Å²) in [6, 6.07) is 8.18. The van der Waals surface area contributed by atoms with Gasteiger partial charge in [-0.1, -0.05) is 12.1 Å². The largest absolute Gasteiger partial charge is 0.378 e. The molecule has 2 aliphatic rings. The van der Waals surface area contributed by atoms with Crippen LogP contribution in [0.25, 0.3) is 20.8 Å². The Hall–Kier alpha value is -2.49. The van der Waals surface area contributed by atoms with Crippen molar-refractivity contribution in [3.8, 4) is 10.6 Å². The van der Waals surface area contributed by atoms with Gasteiger partial charge in [-0.15, -0.1) is 11.3 Å². The average molecular weight is 413 g/mol. The van der Waals surface area contributed by atoms with E-state index in [2.05, 4.69) is 20.5 Å². The molecule has 1 aromatic carbocycles. The van der Waals surface area contributed by atoms with Gasteiger partial charge in [-0.2, -0.15) is 4.98 Å². The number of H-pyrrole nitrogens is 1. The number of thiazole rings is 1. The minimum atomic E-state index is -0.160. The number of nitrogens with zero attached hydrogens (tertiary/aromatic N) is 3. The predicted molar refractivity (Wildman–Crippen MR) is 116 cm³/mol. The first kappa shape index (κ1) is 18.5. The highest BCUT2D eigenvalue weighted by Crippen LogP contribution is 2.32. The van der Waals surface area contributed by atoms with Crippen molar-refractivity contribution in [2.75, 3.05) is 49.6 Å². The zero-order chi connectivity index (χ0) is 19.6. The van der Waals surface area contributed by atoms with Crippen LogP contribution in [0.3, 0.4) is 0 Å². The lowest BCUT2D eigenvalue weighted by Crippen LogP contribution is -2.40. The SMILES string of the molecule is O=c1[nH]c(N2CCOCC2)nc(N[C@H]2CCCNC2)c1-c1nc2ccccc2s1. The Labute approximate surface area is 172 Å². The molecule has 1 atom stereocenters. The number of rotatable bonds is 4. The van der Waals surface area contributed by atoms with E-state index in [4.69, 9.17) is 14.7 Å². The molecule has 4 heterocycles. The lowest BCUT2D eigenvalue weighted by molar-refractivity contribution is 0.122. The molecule has 9 heteroatoms. The summed E-state index contributed by atoms with van der Waals surface area (Å²) in [5.41, 5.74) is 1.26. The number of piperidine rings is 1. The van der Waals surface area contributed by atoms with Gasteiger partial charge in [0.2, 0.25) is 5.95 Å². The molecule has 0 aliphatic carbocycles. The van der Waals surface area contributed by atoms with Gasteiger partial charge in [0, 0.05) is 25.7 Å². The number of aromatic amines is 1. The number of nitrogens with one attached hydrogen (secondary N) is 3. The van der Waals surface area contributed by atoms with Crippen LogP contribution >= 0.6 is 11.3 Å². The molecule has 3 aromatic rings. The van der Waals surface area contributed by atoms with E-state index < -0.39 is 0 Å². The third-order valence-electron chi connectivity index (χ3n) is 5.36. The minimum Gasteiger partial charge on any atom is -0.378 e. The van der Waals surface area contributed by atoms with Crippen molar-refractivity contribution in [3.05, 3.63) is 34.6 Å². The van der Waals surface area contributed by atoms with Gasteiger partial charge < -0.3 is 20.3 Å². The molecule has 5 rings (SSSR count). The van der Waals surface area contributed by atoms with Crippen LogP contribution in [0.4, 0.5) is 11.8 Å². The highest BCUT2D eigenvalue weighted by Gasteiger charge is 2.23. The number of hydrogen-bond donors (Lipinski definition) is 3. The maximum Gasteiger partial charge on any atom is 0.264 e. The fourth-order valence-corrected chi connectivity index (χ4v) is 4.85. The van der Waals surface area contributed by atoms with E-state index in [0.717, 1.165) is 36.1 Å². The van der Waals surface area contributed by atoms with Crippen LogP contribution in [0.5, 0.6) is 0 Å². The van der Waals surface area contributed by atoms with Gasteiger partial charge in [0.15, 0.2) is 0 Å². The molecule has 2 saturated heterocycles. The number of morpholine rings is 1. The van der Waals surface area contributed by atoms with Crippen molar-refractivity contribution in [2.24, 2.45) is 0 Å². The third kappa shape index (κ3) is 3.85. The van der Waals surface area contributed by atoms with Gasteiger partial charge in [-0.3, -0.25) is 9.78 Å². The van der Waals surface area contributed by atoms with Crippen molar-refractivity contribution in [1.82, 2.24) is 20.3 Å². The van der Waals surface area contributed by atoms with Crippen LogP contribution < -0.4 is 21.1 Å². The highest BCUT2D eigenvalue weighted by molar-refractivity contribution is 7.21. The molecule has 2 aliphatic heterocycles. The second-order valence-electron chi connectivity index (χ2n) is 7.39. The number of ether oxygens (including phenoxy) is 1. The van der Waals surface area contributed by atoms with Crippen LogP contribution in [0.15, 0.2) is 29.1 Å². The molecule has 3 N–H and O–H groups in total. The Balaban J connectivity index is 1.58. The van der Waals surface area contributed by atoms with Crippen LogP contribution in [0, 0.1) is 0 Å². The number of fused-ring (bicyclic) bond motifs is 1. The van der Waals surface area contributed by atoms with Gasteiger partial charge in [0.05, 0.1) is 23.4 Å². The van der Waals surface area contributed by atoms with Crippen molar-refractivity contribution in [2.45, 2.75) is 18.9 Å². The first-order valence-corrected chi connectivity index (χ1v) is 10.9. The van der Waals surface area contributed by atoms with Crippen LogP contribution in [-0.2, 0) is 4.74 Å². The number of para-hydroxylation sites is 1. The van der Waals surface area contributed by atoms with Crippen molar-refractivity contribution in [3.63, 3.8) is 0 Å². The molecule has 2 fully saturated rings. The number of benzene rings is 1. The lowest BCUT2D eigenvalue weighted by atomic mass is 10.1. The van der Waals surface area contributed by atoms with E-state index in [1.807, 2.05) is 24.3 Å². The van der Waals surface area contributed by atoms with Crippen molar-refractivity contribution in [1.29, 1.82) is 0 Å². The fraction of sp³-hybridized carbons (Fsp3) is 0.450. The van der Waals surface area contributed by atoms with E-state index >= 15 is 0 Å². The Morgan fingerprint density at radius 2 is 2.07 bits per heavy atom. The Morgan fingerprint density at radius 3 is 2.86 bits per heavy atom. The molecule has 0 bridgehead atoms. The van der Waals surface area contributed by atoms with E-state index in [0.29, 0.717) is 48.6 Å². The molecule has 0 amide bonds. The Morgan fingerprint density at radius 1 is 1.21 bits per heavy atom. The summed E-state index contributed by atoms with van der Waals surface area (Å²) in [4.78, 5) is 27.8. The van der Waals surface area contributed by atoms with Gasteiger partial charge in [0.25, 0.3) is 5.56 Å². The first-order valence-electron chi connectivity index (χ1n) is 10.1. The molecule has 152 valence electrons. The normalized spacial score (nSPS) is 20.1. The van der Waals surface area contributed by atoms with Gasteiger partial charge >= 0.3 is 0 Å². The standard InChI is InChI=1S/C20H24N6O2S/c27-18-16(19-23-14-5-1-2-6-15(14)29-19)17(22-13-4-3-7-21-12-13)24-20(25-18)26-8-10-28-11-9-26/h1-2,5-6,13,21H,3-4,7-12H2,(H2,22,24,25,27)/t13-/m0/s1. The highest BCUT2D eigenvalue weighted by atomic mass is 32.1. The minimum absolute atomic E-state index is 0.160. The van der Waals surface area contributed by atoms with Crippen molar-refractivity contribution < 1.29 is 4.74 Å². The Kier molecular flexibility index (Phi) is 5.17. The fourth-order valence-electron chi connectivity index (χ4n) is 3.84. The molecule has 0 saturated carbocycles. The van der Waals surface area contributed by atoms with Crippen LogP contribution in [0.2, 0.25) is 0 Å². The zero-order valence-electron chi connectivity index (χ0n) is 16.1. The molecular formula is C20H24N6O2S. The van der Waals surface area contributed by atoms with Crippen LogP contribution in [-0.4, -0.2) is 60.4 Å². The van der Waals surface area contributed by atoms with E-state index in [1.54, 1.807) is 0 Å². The third-order valence-corrected chi connectivity index (χ3v) is 6.42. The monoisotopic (exact) mass is 412 g/mol. The first-order chi connectivity index (χ1) is 14.3. The molecule has 8 nitrogen and oxygen atoms in total. The van der Waals surface area contributed by atoms with Gasteiger partial charge in [0.1, 0.15) is 16.4 Å². The summed E-state index contributed by atoms with van der Waals surface area (Å²) in [5.74, 6) is 1.21. The van der Waals surface area contributed by atoms with E-state index in [9.17, 15) is 4.79 Å². The number of anilines is 2. The smallest absolute Gasteiger partial charge is 0.264 e. The number of aromatic nitrogens is 3. The lowest BCUT2D eigenvalue weighted by Gasteiger charge is -2.29. The van der Waals surface area contributed by atoms with Crippen LogP contribution in [0.1, 0.15) is 12.8 Å². The number of hydrogen-bond acceptors (Lipinski definition) is 8. The summed E-state index contributed by atoms with van der Waals surface area (Å²) < 4.78 is 6.50. The molecule has 0 unspecified atom stereocenters. The summed E-state index contributed by atoms with van der Waals surface area (Å²) in [5, 5.41) is 7.63. The molecule has 2 aromatic heterocycles. The maximum absolute atomic E-state index is 13.2. The van der Waals surface area contributed by atoms with E-state index in [-0.39, 0.29) is 11.6 Å². The zero-order valence-corrected chi connectivity index (χ0v) is 16.9. The summed E-state index contributed by atoms with van der Waals surface area (Å²) >= 11 is 1.52. The second-order valence-corrected chi connectivity index (χ2v) is 8.42. The van der Waals surface area contributed by atoms with Gasteiger partial charge in [-0.05, 0) is 31.5 Å². The topological polar surface area (TPSA) is 95.2 Å². The second kappa shape index (κ2) is 8.10. The summed E-state index contributed by atoms with van der Waals surface area (Å²) in [6.07, 6.45) is 2.15. The predicted octanol–water partition coefficient (Wildman–Crippen LogP) is 2.05. The molecular weight excluding hydrogens is 388 g/mol. The maximum atomic E-state index is 13.2. The van der Waals surface area contributed by atoms with E-state index in [1.165, 1.54) is 11.3 Å². The summed E-state index contributed by atoms with van der Waals surface area (Å²) in [7, 11) is 0. The van der Waals surface area contributed by atoms with Gasteiger partial charge in [-0.25, -0.2) is 4.98 Å². The molecule has 29 heavy (non-hydrogen) atoms. The molecule has 0 spiro atoms. The Bertz CT molecular complexity index is 1020. The quantitative estimate of drug-likeness (QED) is 0.604.